The number of nitrogens with one attached hydrogen (secondary N) is 1. The fourth-order valence-corrected chi connectivity index (χ4v) is 4.36. The number of amides is 1. The summed E-state index contributed by atoms with van der Waals surface area (Å²) in [6.45, 7) is 0. The number of rotatable bonds is 6. The van der Waals surface area contributed by atoms with Gasteiger partial charge in [-0.2, -0.15) is 5.26 Å². The van der Waals surface area contributed by atoms with Gasteiger partial charge in [-0.25, -0.2) is 8.42 Å². The molecule has 2 heterocycles. The van der Waals surface area contributed by atoms with E-state index in [0.29, 0.717) is 27.2 Å². The van der Waals surface area contributed by atoms with Gasteiger partial charge in [0.25, 0.3) is 5.91 Å². The molecule has 1 amide bonds. The summed E-state index contributed by atoms with van der Waals surface area (Å²) in [6, 6.07) is 12.3. The molecule has 0 unspecified atom stereocenters. The summed E-state index contributed by atoms with van der Waals surface area (Å²) in [5.41, 5.74) is -0.238. The van der Waals surface area contributed by atoms with Gasteiger partial charge in [0.05, 0.1) is 0 Å². The first-order valence-electron chi connectivity index (χ1n) is 7.74. The third-order valence-electron chi connectivity index (χ3n) is 3.23. The highest BCUT2D eigenvalue weighted by Crippen LogP contribution is 2.30. The number of benzene rings is 1. The van der Waals surface area contributed by atoms with Gasteiger partial charge in [0, 0.05) is 22.2 Å². The topological polar surface area (TPSA) is 126 Å². The van der Waals surface area contributed by atoms with Crippen molar-refractivity contribution in [2.45, 2.75) is 14.3 Å². The molecule has 0 atom stereocenters. The van der Waals surface area contributed by atoms with Gasteiger partial charge in [0.15, 0.2) is 5.09 Å². The Morgan fingerprint density at radius 1 is 1.28 bits per heavy atom. The van der Waals surface area contributed by atoms with E-state index in [0.717, 1.165) is 11.2 Å². The van der Waals surface area contributed by atoms with Crippen LogP contribution < -0.4 is 5.32 Å². The Kier molecular flexibility index (Phi) is 6.39. The van der Waals surface area contributed by atoms with E-state index >= 15 is 0 Å². The van der Waals surface area contributed by atoms with Crippen LogP contribution in [0.3, 0.4) is 0 Å². The van der Waals surface area contributed by atoms with E-state index in [-0.39, 0.29) is 15.0 Å². The summed E-state index contributed by atoms with van der Waals surface area (Å²) in [7, 11) is -3.53. The molecular weight excluding hydrogens is 456 g/mol. The summed E-state index contributed by atoms with van der Waals surface area (Å²) in [5.74, 6) is -0.450. The standard InChI is InChI=1S/C17H11ClN4O4S3/c1-29(24,25)17-22-21-16(28-17)20-15(23)10(9-19)8-12-4-7-14(26-12)27-13-5-2-11(18)3-6-13/h2-8H,1H3,(H,20,21,23)/b10-8-. The molecule has 3 aromatic rings. The van der Waals surface area contributed by atoms with Crippen LogP contribution in [0.1, 0.15) is 5.76 Å². The Morgan fingerprint density at radius 2 is 2.00 bits per heavy atom. The van der Waals surface area contributed by atoms with Crippen LogP contribution in [0.5, 0.6) is 0 Å². The van der Waals surface area contributed by atoms with E-state index in [9.17, 15) is 18.5 Å². The Morgan fingerprint density at radius 3 is 2.62 bits per heavy atom. The molecule has 12 heteroatoms. The number of nitrogens with zero attached hydrogens (tertiary/aromatic N) is 3. The van der Waals surface area contributed by atoms with Gasteiger partial charge < -0.3 is 4.42 Å². The van der Waals surface area contributed by atoms with E-state index in [2.05, 4.69) is 15.5 Å². The SMILES string of the molecule is CS(=O)(=O)c1nnc(NC(=O)/C(C#N)=C\c2ccc(Sc3ccc(Cl)cc3)o2)s1. The molecule has 0 radical (unpaired) electrons. The maximum atomic E-state index is 12.3. The summed E-state index contributed by atoms with van der Waals surface area (Å²) in [4.78, 5) is 13.2. The monoisotopic (exact) mass is 466 g/mol. The first-order chi connectivity index (χ1) is 13.7. The number of nitriles is 1. The van der Waals surface area contributed by atoms with Crippen molar-refractivity contribution in [3.63, 3.8) is 0 Å². The Labute approximate surface area is 179 Å². The van der Waals surface area contributed by atoms with Gasteiger partial charge in [-0.05, 0) is 36.4 Å². The van der Waals surface area contributed by atoms with Crippen molar-refractivity contribution in [1.29, 1.82) is 5.26 Å². The maximum Gasteiger partial charge on any atom is 0.268 e. The molecule has 2 aromatic heterocycles. The van der Waals surface area contributed by atoms with Crippen LogP contribution in [0.2, 0.25) is 5.02 Å². The lowest BCUT2D eigenvalue weighted by atomic mass is 10.2. The highest BCUT2D eigenvalue weighted by molar-refractivity contribution is 7.99. The second kappa shape index (κ2) is 8.79. The number of hydrogen-bond donors (Lipinski definition) is 1. The molecule has 8 nitrogen and oxygen atoms in total. The maximum absolute atomic E-state index is 12.3. The van der Waals surface area contributed by atoms with Crippen molar-refractivity contribution in [3.8, 4) is 6.07 Å². The van der Waals surface area contributed by atoms with Crippen molar-refractivity contribution in [2.75, 3.05) is 11.6 Å². The molecule has 0 aliphatic heterocycles. The largest absolute Gasteiger partial charge is 0.450 e. The Bertz CT molecular complexity index is 1220. The molecular formula is C17H11ClN4O4S3. The molecule has 29 heavy (non-hydrogen) atoms. The molecule has 148 valence electrons. The third-order valence-corrected chi connectivity index (χ3v) is 6.92. The number of carbonyl (C=O) groups excluding carboxylic acids is 1. The first-order valence-corrected chi connectivity index (χ1v) is 11.6. The quantitative estimate of drug-likeness (QED) is 0.329. The molecule has 0 saturated heterocycles. The lowest BCUT2D eigenvalue weighted by molar-refractivity contribution is -0.112. The van der Waals surface area contributed by atoms with Crippen LogP contribution in [0.4, 0.5) is 5.13 Å². The van der Waals surface area contributed by atoms with Crippen LogP contribution in [0.25, 0.3) is 6.08 Å². The lowest BCUT2D eigenvalue weighted by Gasteiger charge is -1.99. The minimum Gasteiger partial charge on any atom is -0.450 e. The van der Waals surface area contributed by atoms with Crippen LogP contribution in [-0.4, -0.2) is 30.8 Å². The molecule has 0 bridgehead atoms. The average molecular weight is 467 g/mol. The van der Waals surface area contributed by atoms with Crippen LogP contribution in [0.15, 0.2) is 60.7 Å². The fourth-order valence-electron chi connectivity index (χ4n) is 1.95. The predicted molar refractivity (Wildman–Crippen MR) is 110 cm³/mol. The summed E-state index contributed by atoms with van der Waals surface area (Å²) in [5, 5.41) is 19.9. The van der Waals surface area contributed by atoms with Crippen molar-refractivity contribution in [3.05, 3.63) is 52.8 Å². The lowest BCUT2D eigenvalue weighted by Crippen LogP contribution is -2.13. The van der Waals surface area contributed by atoms with Gasteiger partial charge >= 0.3 is 0 Å². The van der Waals surface area contributed by atoms with E-state index in [4.69, 9.17) is 16.0 Å². The molecule has 0 aliphatic carbocycles. The highest BCUT2D eigenvalue weighted by atomic mass is 35.5. The van der Waals surface area contributed by atoms with Crippen LogP contribution in [0, 0.1) is 11.3 Å². The normalized spacial score (nSPS) is 11.8. The minimum absolute atomic E-state index is 0.0324. The fraction of sp³-hybridized carbons (Fsp3) is 0.0588. The van der Waals surface area contributed by atoms with Gasteiger partial charge in [-0.3, -0.25) is 10.1 Å². The average Bonchev–Trinajstić information content (AvgIpc) is 3.31. The number of halogens is 1. The zero-order chi connectivity index (χ0) is 21.0. The predicted octanol–water partition coefficient (Wildman–Crippen LogP) is 3.88. The van der Waals surface area contributed by atoms with Gasteiger partial charge in [-0.1, -0.05) is 34.7 Å². The van der Waals surface area contributed by atoms with Gasteiger partial charge in [0.1, 0.15) is 17.4 Å². The molecule has 3 rings (SSSR count). The zero-order valence-electron chi connectivity index (χ0n) is 14.6. The van der Waals surface area contributed by atoms with Crippen molar-refractivity contribution >= 4 is 61.7 Å². The van der Waals surface area contributed by atoms with Crippen LogP contribution >= 0.6 is 34.7 Å². The minimum atomic E-state index is -3.53. The number of carbonyl (C=O) groups is 1. The number of hydrogen-bond acceptors (Lipinski definition) is 9. The molecule has 1 N–H and O–H groups in total. The number of aromatic nitrogens is 2. The van der Waals surface area contributed by atoms with Crippen LogP contribution in [-0.2, 0) is 14.6 Å². The molecule has 0 saturated carbocycles. The van der Waals surface area contributed by atoms with E-state index in [1.807, 2.05) is 12.1 Å². The van der Waals surface area contributed by atoms with Crippen molar-refractivity contribution in [1.82, 2.24) is 10.2 Å². The number of furan rings is 1. The summed E-state index contributed by atoms with van der Waals surface area (Å²) >= 11 is 7.91. The van der Waals surface area contributed by atoms with Gasteiger partial charge in [0.2, 0.25) is 19.3 Å². The Balaban J connectivity index is 1.71. The third kappa shape index (κ3) is 5.68. The second-order valence-corrected chi connectivity index (χ2v) is 10.2. The first kappa shape index (κ1) is 21.1. The van der Waals surface area contributed by atoms with E-state index < -0.39 is 15.7 Å². The smallest absolute Gasteiger partial charge is 0.268 e. The second-order valence-electron chi connectivity index (χ2n) is 5.48. The zero-order valence-corrected chi connectivity index (χ0v) is 17.8. The molecule has 0 spiro atoms. The molecule has 0 fully saturated rings. The molecule has 0 aliphatic rings. The number of sulfone groups is 1. The summed E-state index contributed by atoms with van der Waals surface area (Å²) < 4.78 is 28.2. The highest BCUT2D eigenvalue weighted by Gasteiger charge is 2.18. The van der Waals surface area contributed by atoms with E-state index in [1.165, 1.54) is 17.8 Å². The molecule has 1 aromatic carbocycles. The van der Waals surface area contributed by atoms with Gasteiger partial charge in [-0.15, -0.1) is 10.2 Å². The number of anilines is 1. The van der Waals surface area contributed by atoms with E-state index in [1.54, 1.807) is 30.3 Å². The van der Waals surface area contributed by atoms with Crippen molar-refractivity contribution in [2.24, 2.45) is 0 Å². The summed E-state index contributed by atoms with van der Waals surface area (Å²) in [6.07, 6.45) is 2.26. The van der Waals surface area contributed by atoms with Crippen molar-refractivity contribution < 1.29 is 17.6 Å². The Hall–Kier alpha value is -2.65.